The Bertz CT molecular complexity index is 676. The average molecular weight is 377 g/mol. The van der Waals surface area contributed by atoms with Crippen molar-refractivity contribution in [2.24, 2.45) is 11.8 Å². The molecule has 3 fully saturated rings. The second kappa shape index (κ2) is 7.64. The first-order chi connectivity index (χ1) is 12.6. The zero-order valence-electron chi connectivity index (χ0n) is 15.4. The lowest BCUT2D eigenvalue weighted by molar-refractivity contribution is -0.157. The minimum absolute atomic E-state index is 0.0349. The molecule has 6 nitrogen and oxygen atoms in total. The Morgan fingerprint density at radius 1 is 1.42 bits per heavy atom. The van der Waals surface area contributed by atoms with Gasteiger partial charge in [-0.25, -0.2) is 4.98 Å². The quantitative estimate of drug-likeness (QED) is 0.764. The van der Waals surface area contributed by atoms with Crippen LogP contribution in [0.15, 0.2) is 5.38 Å². The summed E-state index contributed by atoms with van der Waals surface area (Å²) in [5.41, 5.74) is 1.06. The van der Waals surface area contributed by atoms with Gasteiger partial charge in [0.2, 0.25) is 11.8 Å². The third kappa shape index (κ3) is 3.51. The summed E-state index contributed by atoms with van der Waals surface area (Å²) < 4.78 is 0. The van der Waals surface area contributed by atoms with E-state index in [1.165, 1.54) is 0 Å². The maximum absolute atomic E-state index is 13.0. The summed E-state index contributed by atoms with van der Waals surface area (Å²) in [6, 6.07) is -0.0479. The lowest BCUT2D eigenvalue weighted by atomic mass is 9.72. The van der Waals surface area contributed by atoms with Gasteiger partial charge in [0.15, 0.2) is 0 Å². The summed E-state index contributed by atoms with van der Waals surface area (Å²) in [6.07, 6.45) is 5.44. The molecule has 0 saturated carbocycles. The van der Waals surface area contributed by atoms with Gasteiger partial charge in [-0.05, 0) is 45.1 Å². The van der Waals surface area contributed by atoms with E-state index >= 15 is 0 Å². The average Bonchev–Trinajstić information content (AvgIpc) is 3.05. The van der Waals surface area contributed by atoms with E-state index in [1.807, 2.05) is 11.8 Å². The fraction of sp³-hybridized carbons (Fsp3) is 0.737. The molecule has 4 heterocycles. The Hall–Kier alpha value is -1.47. The molecule has 26 heavy (non-hydrogen) atoms. The fourth-order valence-electron chi connectivity index (χ4n) is 4.92. The summed E-state index contributed by atoms with van der Waals surface area (Å²) in [6.45, 7) is 4.46. The monoisotopic (exact) mass is 376 g/mol. The van der Waals surface area contributed by atoms with Gasteiger partial charge in [0.25, 0.3) is 0 Å². The smallest absolute Gasteiger partial charge is 0.243 e. The topological polar surface area (TPSA) is 74.3 Å². The fourth-order valence-corrected chi connectivity index (χ4v) is 5.74. The van der Waals surface area contributed by atoms with Crippen molar-refractivity contribution in [1.29, 1.82) is 0 Å². The van der Waals surface area contributed by atoms with E-state index in [9.17, 15) is 9.59 Å². The molecule has 4 rings (SSSR count). The van der Waals surface area contributed by atoms with Crippen LogP contribution >= 0.6 is 11.3 Å². The summed E-state index contributed by atoms with van der Waals surface area (Å²) in [4.78, 5) is 32.0. The Balaban J connectivity index is 1.37. The van der Waals surface area contributed by atoms with Gasteiger partial charge in [-0.3, -0.25) is 9.59 Å². The number of thiazole rings is 1. The van der Waals surface area contributed by atoms with Crippen LogP contribution in [0.3, 0.4) is 0 Å². The molecule has 2 bridgehead atoms. The van der Waals surface area contributed by atoms with Crippen LogP contribution in [0.5, 0.6) is 0 Å². The van der Waals surface area contributed by atoms with Crippen LogP contribution < -0.4 is 10.6 Å². The number of aryl methyl sites for hydroxylation is 2. The lowest BCUT2D eigenvalue weighted by Crippen LogP contribution is -2.68. The van der Waals surface area contributed by atoms with E-state index in [0.717, 1.165) is 55.9 Å². The van der Waals surface area contributed by atoms with Crippen molar-refractivity contribution >= 4 is 23.2 Å². The summed E-state index contributed by atoms with van der Waals surface area (Å²) in [5, 5.41) is 9.77. The molecule has 2 amide bonds. The Morgan fingerprint density at radius 3 is 3.08 bits per heavy atom. The third-order valence-electron chi connectivity index (χ3n) is 6.05. The summed E-state index contributed by atoms with van der Waals surface area (Å²) in [7, 11) is 0. The van der Waals surface area contributed by atoms with Gasteiger partial charge < -0.3 is 15.5 Å². The highest BCUT2D eigenvalue weighted by Gasteiger charge is 2.50. The predicted molar refractivity (Wildman–Crippen MR) is 101 cm³/mol. The van der Waals surface area contributed by atoms with Gasteiger partial charge >= 0.3 is 0 Å². The SMILES string of the molecule is Cc1csc(CCCNC(=O)[C@H]2[C@@H]3CNC[C@@H](C3)[C@@H]3CCCC(=O)N32)n1. The molecule has 7 heteroatoms. The molecule has 0 aromatic carbocycles. The molecule has 4 atom stereocenters. The first-order valence-electron chi connectivity index (χ1n) is 9.84. The predicted octanol–water partition coefficient (Wildman–Crippen LogP) is 1.49. The number of rotatable bonds is 5. The van der Waals surface area contributed by atoms with Gasteiger partial charge in [0, 0.05) is 49.0 Å². The van der Waals surface area contributed by atoms with E-state index in [0.29, 0.717) is 18.9 Å². The highest BCUT2D eigenvalue weighted by Crippen LogP contribution is 2.39. The molecule has 2 N–H and O–H groups in total. The van der Waals surface area contributed by atoms with E-state index in [-0.39, 0.29) is 29.8 Å². The van der Waals surface area contributed by atoms with Crippen LogP contribution in [0.4, 0.5) is 0 Å². The number of nitrogens with zero attached hydrogens (tertiary/aromatic N) is 2. The zero-order chi connectivity index (χ0) is 18.1. The van der Waals surface area contributed by atoms with Crippen LogP contribution in [0, 0.1) is 18.8 Å². The number of hydrogen-bond acceptors (Lipinski definition) is 5. The van der Waals surface area contributed by atoms with Crippen LogP contribution in [0.1, 0.15) is 42.8 Å². The van der Waals surface area contributed by atoms with E-state index in [2.05, 4.69) is 21.0 Å². The standard InChI is InChI=1S/C19H28N4O2S/c1-12-11-26-16(22-12)5-3-7-21-19(25)18-14-8-13(9-20-10-14)15-4-2-6-17(24)23(15)18/h11,13-15,18,20H,2-10H2,1H3,(H,21,25)/t13-,14+,15+,18-/m1/s1. The van der Waals surface area contributed by atoms with Crippen LogP contribution in [0.2, 0.25) is 0 Å². The Kier molecular flexibility index (Phi) is 5.27. The number of carbonyl (C=O) groups is 2. The van der Waals surface area contributed by atoms with Gasteiger partial charge in [-0.2, -0.15) is 0 Å². The number of carbonyl (C=O) groups excluding carboxylic acids is 2. The van der Waals surface area contributed by atoms with Crippen molar-refractivity contribution in [2.45, 2.75) is 57.5 Å². The first kappa shape index (κ1) is 17.9. The summed E-state index contributed by atoms with van der Waals surface area (Å²) >= 11 is 1.68. The van der Waals surface area contributed by atoms with Crippen LogP contribution in [-0.4, -0.2) is 53.4 Å². The normalized spacial score (nSPS) is 30.8. The molecule has 3 aliphatic heterocycles. The van der Waals surface area contributed by atoms with E-state index < -0.39 is 0 Å². The third-order valence-corrected chi connectivity index (χ3v) is 7.07. The number of aromatic nitrogens is 1. The molecule has 3 saturated heterocycles. The highest BCUT2D eigenvalue weighted by molar-refractivity contribution is 7.09. The molecule has 142 valence electrons. The Morgan fingerprint density at radius 2 is 2.27 bits per heavy atom. The molecule has 0 unspecified atom stereocenters. The van der Waals surface area contributed by atoms with Crippen molar-refractivity contribution in [3.63, 3.8) is 0 Å². The minimum Gasteiger partial charge on any atom is -0.354 e. The molecular weight excluding hydrogens is 348 g/mol. The van der Waals surface area contributed by atoms with Gasteiger partial charge in [-0.1, -0.05) is 0 Å². The molecule has 0 aliphatic carbocycles. The number of fused-ring (bicyclic) bond motifs is 4. The largest absolute Gasteiger partial charge is 0.354 e. The first-order valence-corrected chi connectivity index (χ1v) is 10.7. The van der Waals surface area contributed by atoms with Crippen molar-refractivity contribution in [2.75, 3.05) is 19.6 Å². The van der Waals surface area contributed by atoms with Crippen molar-refractivity contribution in [1.82, 2.24) is 20.5 Å². The number of amides is 2. The summed E-state index contributed by atoms with van der Waals surface area (Å²) in [5.74, 6) is 0.966. The van der Waals surface area contributed by atoms with E-state index in [1.54, 1.807) is 11.3 Å². The molecular formula is C19H28N4O2S. The second-order valence-electron chi connectivity index (χ2n) is 7.90. The van der Waals surface area contributed by atoms with Gasteiger partial charge in [0.1, 0.15) is 6.04 Å². The maximum atomic E-state index is 13.0. The number of nitrogens with one attached hydrogen (secondary N) is 2. The van der Waals surface area contributed by atoms with Crippen LogP contribution in [0.25, 0.3) is 0 Å². The molecule has 1 aromatic heterocycles. The maximum Gasteiger partial charge on any atom is 0.243 e. The lowest BCUT2D eigenvalue weighted by Gasteiger charge is -2.53. The number of hydrogen-bond donors (Lipinski definition) is 2. The zero-order valence-corrected chi connectivity index (χ0v) is 16.2. The van der Waals surface area contributed by atoms with Crippen molar-refractivity contribution < 1.29 is 9.59 Å². The highest BCUT2D eigenvalue weighted by atomic mass is 32.1. The van der Waals surface area contributed by atoms with Gasteiger partial charge in [-0.15, -0.1) is 11.3 Å². The second-order valence-corrected chi connectivity index (χ2v) is 8.84. The molecule has 1 aromatic rings. The van der Waals surface area contributed by atoms with Crippen molar-refractivity contribution in [3.05, 3.63) is 16.1 Å². The van der Waals surface area contributed by atoms with Crippen LogP contribution in [-0.2, 0) is 16.0 Å². The Labute approximate surface area is 158 Å². The van der Waals surface area contributed by atoms with Crippen molar-refractivity contribution in [3.8, 4) is 0 Å². The minimum atomic E-state index is -0.293. The number of piperidine rings is 3. The molecule has 3 aliphatic rings. The van der Waals surface area contributed by atoms with Gasteiger partial charge in [0.05, 0.1) is 5.01 Å². The van der Waals surface area contributed by atoms with E-state index in [4.69, 9.17) is 0 Å². The molecule has 0 radical (unpaired) electrons. The molecule has 0 spiro atoms.